The van der Waals surface area contributed by atoms with E-state index in [1.165, 1.54) is 35.6 Å². The number of carboxylic acid groups (broad SMARTS) is 1. The molecule has 1 aromatic heterocycles. The zero-order chi connectivity index (χ0) is 24.7. The van der Waals surface area contributed by atoms with Crippen LogP contribution in [-0.4, -0.2) is 33.8 Å². The maximum absolute atomic E-state index is 12.6. The van der Waals surface area contributed by atoms with Gasteiger partial charge in [0.2, 0.25) is 0 Å². The van der Waals surface area contributed by atoms with Gasteiger partial charge in [-0.1, -0.05) is 35.9 Å². The number of Topliss-reactive ketones (excluding diaryl/α,β-unsaturated/α-hetero) is 1. The molecule has 10 heteroatoms. The molecule has 4 N–H and O–H groups in total. The van der Waals surface area contributed by atoms with Crippen molar-refractivity contribution in [3.05, 3.63) is 98.5 Å². The van der Waals surface area contributed by atoms with Crippen LogP contribution in [0.5, 0.6) is 5.75 Å². The summed E-state index contributed by atoms with van der Waals surface area (Å²) in [6.07, 6.45) is 1.47. The van der Waals surface area contributed by atoms with E-state index in [0.29, 0.717) is 16.9 Å². The van der Waals surface area contributed by atoms with Gasteiger partial charge in [0.1, 0.15) is 11.4 Å². The van der Waals surface area contributed by atoms with Gasteiger partial charge in [0.05, 0.1) is 15.5 Å². The Morgan fingerprint density at radius 2 is 1.79 bits per heavy atom. The SMILES string of the molecule is O=C(O)/C(=C\NC(=O)c1cccs1)NC(=O)c1ccc(C(=O)CCc2cccc(O)c2)cc1Cl. The van der Waals surface area contributed by atoms with Crippen LogP contribution >= 0.6 is 22.9 Å². The van der Waals surface area contributed by atoms with Gasteiger partial charge in [-0.25, -0.2) is 4.79 Å². The number of halogens is 1. The van der Waals surface area contributed by atoms with E-state index in [-0.39, 0.29) is 28.5 Å². The van der Waals surface area contributed by atoms with Crippen LogP contribution in [-0.2, 0) is 11.2 Å². The maximum atomic E-state index is 12.6. The number of carbonyl (C=O) groups is 4. The molecule has 0 radical (unpaired) electrons. The first-order chi connectivity index (χ1) is 16.2. The van der Waals surface area contributed by atoms with Crippen molar-refractivity contribution in [1.82, 2.24) is 10.6 Å². The van der Waals surface area contributed by atoms with Crippen LogP contribution < -0.4 is 10.6 Å². The molecule has 3 aromatic rings. The molecule has 0 saturated heterocycles. The molecule has 0 spiro atoms. The van der Waals surface area contributed by atoms with E-state index in [2.05, 4.69) is 10.6 Å². The van der Waals surface area contributed by atoms with E-state index < -0.39 is 23.5 Å². The smallest absolute Gasteiger partial charge is 0.353 e. The molecule has 0 aliphatic heterocycles. The minimum Gasteiger partial charge on any atom is -0.508 e. The zero-order valence-corrected chi connectivity index (χ0v) is 19.2. The molecular formula is C24H19ClN2O6S. The normalized spacial score (nSPS) is 11.0. The summed E-state index contributed by atoms with van der Waals surface area (Å²) in [5, 5.41) is 25.0. The number of nitrogens with one attached hydrogen (secondary N) is 2. The molecule has 0 aliphatic rings. The topological polar surface area (TPSA) is 133 Å². The highest BCUT2D eigenvalue weighted by Crippen LogP contribution is 2.20. The Hall–Kier alpha value is -3.95. The fourth-order valence-corrected chi connectivity index (χ4v) is 3.84. The quantitative estimate of drug-likeness (QED) is 0.260. The van der Waals surface area contributed by atoms with Crippen molar-refractivity contribution in [2.45, 2.75) is 12.8 Å². The number of carbonyl (C=O) groups excluding carboxylic acids is 3. The van der Waals surface area contributed by atoms with E-state index in [4.69, 9.17) is 11.6 Å². The maximum Gasteiger partial charge on any atom is 0.353 e. The summed E-state index contributed by atoms with van der Waals surface area (Å²) in [5.74, 6) is -2.89. The van der Waals surface area contributed by atoms with E-state index in [0.717, 1.165) is 11.8 Å². The van der Waals surface area contributed by atoms with E-state index >= 15 is 0 Å². The Bertz CT molecular complexity index is 1270. The number of aliphatic carboxylic acids is 1. The fourth-order valence-electron chi connectivity index (χ4n) is 2.94. The second kappa shape index (κ2) is 11.3. The number of thiophene rings is 1. The number of benzene rings is 2. The molecule has 2 amide bonds. The van der Waals surface area contributed by atoms with Crippen molar-refractivity contribution in [1.29, 1.82) is 0 Å². The number of hydrogen-bond donors (Lipinski definition) is 4. The Morgan fingerprint density at radius 3 is 2.44 bits per heavy atom. The summed E-state index contributed by atoms with van der Waals surface area (Å²) >= 11 is 7.36. The van der Waals surface area contributed by atoms with Crippen molar-refractivity contribution >= 4 is 46.5 Å². The summed E-state index contributed by atoms with van der Waals surface area (Å²) in [6.45, 7) is 0. The van der Waals surface area contributed by atoms with Gasteiger partial charge < -0.3 is 20.8 Å². The lowest BCUT2D eigenvalue weighted by atomic mass is 10.0. The highest BCUT2D eigenvalue weighted by molar-refractivity contribution is 7.12. The van der Waals surface area contributed by atoms with Gasteiger partial charge >= 0.3 is 5.97 Å². The number of phenols is 1. The van der Waals surface area contributed by atoms with Crippen LogP contribution in [0, 0.1) is 0 Å². The van der Waals surface area contributed by atoms with Crippen LogP contribution in [0.3, 0.4) is 0 Å². The second-order valence-electron chi connectivity index (χ2n) is 7.06. The lowest BCUT2D eigenvalue weighted by molar-refractivity contribution is -0.133. The van der Waals surface area contributed by atoms with Crippen molar-refractivity contribution in [3.63, 3.8) is 0 Å². The van der Waals surface area contributed by atoms with Crippen LogP contribution in [0.25, 0.3) is 0 Å². The van der Waals surface area contributed by atoms with E-state index in [1.807, 2.05) is 0 Å². The van der Waals surface area contributed by atoms with Gasteiger partial charge in [-0.2, -0.15) is 0 Å². The molecule has 2 aromatic carbocycles. The summed E-state index contributed by atoms with van der Waals surface area (Å²) in [4.78, 5) is 48.9. The van der Waals surface area contributed by atoms with Crippen LogP contribution in [0.15, 0.2) is 71.9 Å². The highest BCUT2D eigenvalue weighted by Gasteiger charge is 2.18. The molecule has 34 heavy (non-hydrogen) atoms. The number of aromatic hydroxyl groups is 1. The van der Waals surface area contributed by atoms with Gasteiger partial charge in [-0.15, -0.1) is 11.3 Å². The number of hydrogen-bond acceptors (Lipinski definition) is 6. The van der Waals surface area contributed by atoms with Crippen molar-refractivity contribution in [2.75, 3.05) is 0 Å². The molecule has 174 valence electrons. The Labute approximate surface area is 203 Å². The third-order valence-electron chi connectivity index (χ3n) is 4.66. The van der Waals surface area contributed by atoms with Crippen molar-refractivity contribution in [3.8, 4) is 5.75 Å². The van der Waals surface area contributed by atoms with Crippen molar-refractivity contribution < 1.29 is 29.4 Å². The third-order valence-corrected chi connectivity index (χ3v) is 5.84. The third kappa shape index (κ3) is 6.53. The standard InChI is InChI=1S/C24H19ClN2O6S/c25-18-12-15(20(29)9-6-14-3-1-4-16(28)11-14)7-8-17(18)22(30)27-19(24(32)33)13-26-23(31)21-5-2-10-34-21/h1-5,7-8,10-13,28H,6,9H2,(H,26,31)(H,27,30)(H,32,33)/b19-13+. The summed E-state index contributed by atoms with van der Waals surface area (Å²) in [7, 11) is 0. The van der Waals surface area contributed by atoms with Gasteiger partial charge in [0.15, 0.2) is 5.78 Å². The van der Waals surface area contributed by atoms with Gasteiger partial charge in [0.25, 0.3) is 11.8 Å². The molecule has 0 bridgehead atoms. The minimum absolute atomic E-state index is 0.0342. The Kier molecular flexibility index (Phi) is 8.18. The van der Waals surface area contributed by atoms with Crippen LogP contribution in [0.2, 0.25) is 5.02 Å². The second-order valence-corrected chi connectivity index (χ2v) is 8.41. The molecule has 1 heterocycles. The summed E-state index contributed by atoms with van der Waals surface area (Å²) in [5.41, 5.74) is 0.494. The molecule has 8 nitrogen and oxygen atoms in total. The molecule has 0 aliphatic carbocycles. The number of phenolic OH excluding ortho intramolecular Hbond substituents is 1. The summed E-state index contributed by atoms with van der Waals surface area (Å²) < 4.78 is 0. The lowest BCUT2D eigenvalue weighted by Crippen LogP contribution is -2.30. The molecule has 0 fully saturated rings. The zero-order valence-electron chi connectivity index (χ0n) is 17.6. The molecule has 0 saturated carbocycles. The molecule has 0 unspecified atom stereocenters. The largest absolute Gasteiger partial charge is 0.508 e. The summed E-state index contributed by atoms with van der Waals surface area (Å²) in [6, 6.07) is 13.9. The predicted molar refractivity (Wildman–Crippen MR) is 127 cm³/mol. The van der Waals surface area contributed by atoms with E-state index in [9.17, 15) is 29.4 Å². The molecule has 3 rings (SSSR count). The molecule has 0 atom stereocenters. The molecular weight excluding hydrogens is 480 g/mol. The number of amides is 2. The average molecular weight is 499 g/mol. The first-order valence-corrected chi connectivity index (χ1v) is 11.2. The Balaban J connectivity index is 1.65. The monoisotopic (exact) mass is 498 g/mol. The first-order valence-electron chi connectivity index (χ1n) is 9.94. The lowest BCUT2D eigenvalue weighted by Gasteiger charge is -2.09. The van der Waals surface area contributed by atoms with Crippen molar-refractivity contribution in [2.24, 2.45) is 0 Å². The average Bonchev–Trinajstić information content (AvgIpc) is 3.34. The predicted octanol–water partition coefficient (Wildman–Crippen LogP) is 4.01. The number of ketones is 1. The van der Waals surface area contributed by atoms with Crippen LogP contribution in [0.1, 0.15) is 42.4 Å². The fraction of sp³-hybridized carbons (Fsp3) is 0.0833. The number of rotatable bonds is 9. The minimum atomic E-state index is -1.46. The first kappa shape index (κ1) is 24.7. The van der Waals surface area contributed by atoms with E-state index in [1.54, 1.807) is 35.7 Å². The van der Waals surface area contributed by atoms with Gasteiger partial charge in [-0.3, -0.25) is 14.4 Å². The highest BCUT2D eigenvalue weighted by atomic mass is 35.5. The van der Waals surface area contributed by atoms with Gasteiger partial charge in [0, 0.05) is 18.2 Å². The van der Waals surface area contributed by atoms with Gasteiger partial charge in [-0.05, 0) is 47.7 Å². The Morgan fingerprint density at radius 1 is 1.00 bits per heavy atom. The number of aryl methyl sites for hydroxylation is 1. The van der Waals surface area contributed by atoms with Crippen LogP contribution in [0.4, 0.5) is 0 Å². The number of carboxylic acids is 1.